The van der Waals surface area contributed by atoms with Crippen molar-refractivity contribution < 1.29 is 4.74 Å². The summed E-state index contributed by atoms with van der Waals surface area (Å²) in [5.74, 6) is 0.844. The Morgan fingerprint density at radius 2 is 2.56 bits per heavy atom. The van der Waals surface area contributed by atoms with Crippen LogP contribution in [0.15, 0.2) is 0 Å². The number of nitrogens with two attached hydrogens (primary N) is 1. The van der Waals surface area contributed by atoms with Crippen LogP contribution in [0.4, 0.5) is 11.9 Å². The lowest BCUT2D eigenvalue weighted by atomic mass is 10.2. The van der Waals surface area contributed by atoms with E-state index < -0.39 is 0 Å². The third kappa shape index (κ3) is 2.83. The maximum atomic E-state index is 5.64. The number of rotatable bonds is 4. The molecule has 0 spiro atoms. The van der Waals surface area contributed by atoms with Crippen molar-refractivity contribution in [2.75, 3.05) is 43.8 Å². The van der Waals surface area contributed by atoms with Gasteiger partial charge in [0.25, 0.3) is 0 Å². The molecule has 0 bridgehead atoms. The highest BCUT2D eigenvalue weighted by molar-refractivity contribution is 5.29. The molecule has 0 saturated carbocycles. The Morgan fingerprint density at radius 1 is 1.69 bits per heavy atom. The third-order valence-corrected chi connectivity index (χ3v) is 2.66. The van der Waals surface area contributed by atoms with Gasteiger partial charge in [-0.2, -0.15) is 4.98 Å². The zero-order valence-corrected chi connectivity index (χ0v) is 9.44. The SMILES string of the molecule is CCN1CCOC(CNc2n[nH]c(N)n2)C1. The first-order chi connectivity index (χ1) is 7.78. The van der Waals surface area contributed by atoms with Gasteiger partial charge in [-0.15, -0.1) is 5.10 Å². The van der Waals surface area contributed by atoms with Crippen LogP contribution in [-0.2, 0) is 4.74 Å². The largest absolute Gasteiger partial charge is 0.374 e. The number of ether oxygens (including phenoxy) is 1. The molecule has 1 aliphatic heterocycles. The lowest BCUT2D eigenvalue weighted by molar-refractivity contribution is -0.0192. The summed E-state index contributed by atoms with van der Waals surface area (Å²) in [5.41, 5.74) is 5.42. The Labute approximate surface area is 94.4 Å². The van der Waals surface area contributed by atoms with Gasteiger partial charge in [-0.25, -0.2) is 5.10 Å². The third-order valence-electron chi connectivity index (χ3n) is 2.66. The molecule has 0 aromatic carbocycles. The Hall–Kier alpha value is -1.34. The monoisotopic (exact) mass is 226 g/mol. The summed E-state index contributed by atoms with van der Waals surface area (Å²) >= 11 is 0. The minimum Gasteiger partial charge on any atom is -0.374 e. The standard InChI is InChI=1S/C9H18N6O/c1-2-15-3-4-16-7(6-15)5-11-9-12-8(10)13-14-9/h7H,2-6H2,1H3,(H4,10,11,12,13,14). The number of likely N-dealkylation sites (N-methyl/N-ethyl adjacent to an activating group) is 1. The highest BCUT2D eigenvalue weighted by Crippen LogP contribution is 2.06. The second-order valence-corrected chi connectivity index (χ2v) is 3.81. The van der Waals surface area contributed by atoms with E-state index in [1.807, 2.05) is 0 Å². The molecule has 7 heteroatoms. The van der Waals surface area contributed by atoms with Crippen molar-refractivity contribution in [1.29, 1.82) is 0 Å². The number of aromatic nitrogens is 3. The molecule has 1 aliphatic rings. The van der Waals surface area contributed by atoms with Crippen molar-refractivity contribution in [3.8, 4) is 0 Å². The molecular weight excluding hydrogens is 208 g/mol. The molecule has 7 nitrogen and oxygen atoms in total. The molecule has 16 heavy (non-hydrogen) atoms. The van der Waals surface area contributed by atoms with Crippen molar-refractivity contribution in [3.05, 3.63) is 0 Å². The van der Waals surface area contributed by atoms with Crippen molar-refractivity contribution >= 4 is 11.9 Å². The molecule has 4 N–H and O–H groups in total. The summed E-state index contributed by atoms with van der Waals surface area (Å²) in [6.45, 7) is 6.67. The fourth-order valence-corrected chi connectivity index (χ4v) is 1.75. The van der Waals surface area contributed by atoms with Gasteiger partial charge in [0, 0.05) is 19.6 Å². The van der Waals surface area contributed by atoms with E-state index >= 15 is 0 Å². The number of aromatic amines is 1. The molecule has 1 unspecified atom stereocenters. The normalized spacial score (nSPS) is 22.2. The van der Waals surface area contributed by atoms with Crippen molar-refractivity contribution in [3.63, 3.8) is 0 Å². The number of nitrogens with one attached hydrogen (secondary N) is 2. The molecule has 0 amide bonds. The van der Waals surface area contributed by atoms with Crippen LogP contribution >= 0.6 is 0 Å². The van der Waals surface area contributed by atoms with Crippen molar-refractivity contribution in [1.82, 2.24) is 20.1 Å². The van der Waals surface area contributed by atoms with E-state index in [9.17, 15) is 0 Å². The molecule has 1 atom stereocenters. The minimum atomic E-state index is 0.188. The summed E-state index contributed by atoms with van der Waals surface area (Å²) in [4.78, 5) is 6.33. The quantitative estimate of drug-likeness (QED) is 0.642. The van der Waals surface area contributed by atoms with Gasteiger partial charge in [-0.05, 0) is 6.54 Å². The van der Waals surface area contributed by atoms with Crippen molar-refractivity contribution in [2.24, 2.45) is 0 Å². The van der Waals surface area contributed by atoms with Crippen LogP contribution in [0.2, 0.25) is 0 Å². The summed E-state index contributed by atoms with van der Waals surface area (Å²) in [7, 11) is 0. The zero-order valence-electron chi connectivity index (χ0n) is 9.44. The molecule has 2 rings (SSSR count). The summed E-state index contributed by atoms with van der Waals surface area (Å²) in [6.07, 6.45) is 0.188. The van der Waals surface area contributed by atoms with E-state index in [-0.39, 0.29) is 6.10 Å². The molecule has 90 valence electrons. The first-order valence-electron chi connectivity index (χ1n) is 5.53. The van der Waals surface area contributed by atoms with Crippen molar-refractivity contribution in [2.45, 2.75) is 13.0 Å². The van der Waals surface area contributed by atoms with E-state index in [1.54, 1.807) is 0 Å². The number of hydrogen-bond donors (Lipinski definition) is 3. The summed E-state index contributed by atoms with van der Waals surface area (Å²) < 4.78 is 5.64. The average Bonchev–Trinajstić information content (AvgIpc) is 2.73. The van der Waals surface area contributed by atoms with Crippen LogP contribution in [-0.4, -0.2) is 59.0 Å². The first kappa shape index (κ1) is 11.2. The summed E-state index contributed by atoms with van der Waals surface area (Å²) in [6, 6.07) is 0. The lowest BCUT2D eigenvalue weighted by Gasteiger charge is -2.31. The average molecular weight is 226 g/mol. The maximum Gasteiger partial charge on any atom is 0.243 e. The topological polar surface area (TPSA) is 92.1 Å². The van der Waals surface area contributed by atoms with E-state index in [4.69, 9.17) is 10.5 Å². The minimum absolute atomic E-state index is 0.188. The van der Waals surface area contributed by atoms with Crippen LogP contribution in [0.5, 0.6) is 0 Å². The second kappa shape index (κ2) is 5.13. The number of anilines is 2. The maximum absolute atomic E-state index is 5.64. The Bertz CT molecular complexity index is 328. The fourth-order valence-electron chi connectivity index (χ4n) is 1.75. The molecule has 1 fully saturated rings. The first-order valence-corrected chi connectivity index (χ1v) is 5.53. The lowest BCUT2D eigenvalue weighted by Crippen LogP contribution is -2.45. The number of hydrogen-bond acceptors (Lipinski definition) is 6. The van der Waals surface area contributed by atoms with E-state index in [0.29, 0.717) is 18.4 Å². The second-order valence-electron chi connectivity index (χ2n) is 3.81. The molecule has 0 radical (unpaired) electrons. The molecule has 2 heterocycles. The van der Waals surface area contributed by atoms with E-state index in [2.05, 4.69) is 32.3 Å². The molecule has 1 aromatic rings. The number of H-pyrrole nitrogens is 1. The van der Waals surface area contributed by atoms with E-state index in [0.717, 1.165) is 26.2 Å². The highest BCUT2D eigenvalue weighted by Gasteiger charge is 2.19. The van der Waals surface area contributed by atoms with Gasteiger partial charge in [0.1, 0.15) is 0 Å². The smallest absolute Gasteiger partial charge is 0.243 e. The predicted octanol–water partition coefficient (Wildman–Crippen LogP) is -0.480. The fraction of sp³-hybridized carbons (Fsp3) is 0.778. The molecule has 1 aromatic heterocycles. The Morgan fingerprint density at radius 3 is 3.25 bits per heavy atom. The van der Waals surface area contributed by atoms with Crippen LogP contribution < -0.4 is 11.1 Å². The molecular formula is C9H18N6O. The van der Waals surface area contributed by atoms with Crippen LogP contribution in [0, 0.1) is 0 Å². The van der Waals surface area contributed by atoms with Gasteiger partial charge in [0.05, 0.1) is 12.7 Å². The van der Waals surface area contributed by atoms with E-state index in [1.165, 1.54) is 0 Å². The summed E-state index contributed by atoms with van der Waals surface area (Å²) in [5, 5.41) is 9.57. The zero-order chi connectivity index (χ0) is 11.4. The molecule has 0 aliphatic carbocycles. The van der Waals surface area contributed by atoms with Gasteiger partial charge in [-0.1, -0.05) is 6.92 Å². The van der Waals surface area contributed by atoms with Crippen LogP contribution in [0.25, 0.3) is 0 Å². The predicted molar refractivity (Wildman–Crippen MR) is 61.1 cm³/mol. The highest BCUT2D eigenvalue weighted by atomic mass is 16.5. The van der Waals surface area contributed by atoms with Gasteiger partial charge >= 0.3 is 0 Å². The van der Waals surface area contributed by atoms with Crippen LogP contribution in [0.3, 0.4) is 0 Å². The van der Waals surface area contributed by atoms with Gasteiger partial charge in [0.15, 0.2) is 0 Å². The Kier molecular flexibility index (Phi) is 3.58. The number of nitrogens with zero attached hydrogens (tertiary/aromatic N) is 3. The van der Waals surface area contributed by atoms with Gasteiger partial charge in [-0.3, -0.25) is 4.90 Å². The Balaban J connectivity index is 1.77. The van der Waals surface area contributed by atoms with Crippen LogP contribution in [0.1, 0.15) is 6.92 Å². The van der Waals surface area contributed by atoms with Gasteiger partial charge in [0.2, 0.25) is 11.9 Å². The van der Waals surface area contributed by atoms with Gasteiger partial charge < -0.3 is 15.8 Å². The number of nitrogen functional groups attached to an aromatic ring is 1. The molecule has 1 saturated heterocycles. The number of morpholine rings is 1.